The van der Waals surface area contributed by atoms with Gasteiger partial charge in [0.05, 0.1) is 34.9 Å². The molecule has 1 saturated heterocycles. The number of nitrogens with zero attached hydrogens (tertiary/aromatic N) is 5. The molecule has 3 atom stereocenters. The topological polar surface area (TPSA) is 110 Å². The van der Waals surface area contributed by atoms with Crippen LogP contribution in [0.1, 0.15) is 38.6 Å². The van der Waals surface area contributed by atoms with Gasteiger partial charge >= 0.3 is 6.18 Å². The number of hydrogen-bond acceptors (Lipinski definition) is 9. The van der Waals surface area contributed by atoms with Crippen LogP contribution in [0, 0.1) is 5.41 Å². The van der Waals surface area contributed by atoms with Crippen molar-refractivity contribution in [2.75, 3.05) is 24.7 Å². The van der Waals surface area contributed by atoms with Crippen molar-refractivity contribution in [2.45, 2.75) is 57.0 Å². The standard InChI is InChI=1S/C28H31F3N6O3S/c1-17-14-37(15-18(2)40-17)16-23-35-22-12-19(25-27(3,28(29,30)31)10-5-11-32-25)13-33-24(22)26(36-23)34-20-6-8-21(9-7-20)41(4,38)39/h5-9,11-13,17-18H,10,14-16H2,1-4H3,(H,34,35,36)/t17-,18+,27?. The van der Waals surface area contributed by atoms with Crippen molar-refractivity contribution in [2.24, 2.45) is 10.4 Å². The van der Waals surface area contributed by atoms with Crippen LogP contribution in [-0.4, -0.2) is 71.7 Å². The normalized spacial score (nSPS) is 23.9. The lowest BCUT2D eigenvalue weighted by molar-refractivity contribution is -0.191. The van der Waals surface area contributed by atoms with Crippen LogP contribution in [0.2, 0.25) is 0 Å². The third-order valence-electron chi connectivity index (χ3n) is 7.24. The fourth-order valence-electron chi connectivity index (χ4n) is 5.19. The summed E-state index contributed by atoms with van der Waals surface area (Å²) in [4.78, 5) is 20.4. The summed E-state index contributed by atoms with van der Waals surface area (Å²) < 4.78 is 72.0. The predicted molar refractivity (Wildman–Crippen MR) is 150 cm³/mol. The first-order chi connectivity index (χ1) is 19.2. The smallest absolute Gasteiger partial charge is 0.373 e. The summed E-state index contributed by atoms with van der Waals surface area (Å²) in [6.07, 6.45) is 0.579. The Morgan fingerprint density at radius 3 is 2.44 bits per heavy atom. The maximum absolute atomic E-state index is 14.1. The van der Waals surface area contributed by atoms with Crippen molar-refractivity contribution in [3.05, 3.63) is 60.2 Å². The fraction of sp³-hybridized carbons (Fsp3) is 0.429. The van der Waals surface area contributed by atoms with Gasteiger partial charge < -0.3 is 10.1 Å². The first-order valence-corrected chi connectivity index (χ1v) is 15.0. The lowest BCUT2D eigenvalue weighted by Gasteiger charge is -2.35. The van der Waals surface area contributed by atoms with Gasteiger partial charge in [-0.1, -0.05) is 6.08 Å². The summed E-state index contributed by atoms with van der Waals surface area (Å²) in [6.45, 7) is 6.86. The Bertz CT molecular complexity index is 1620. The summed E-state index contributed by atoms with van der Waals surface area (Å²) in [5.41, 5.74) is -0.787. The third kappa shape index (κ3) is 6.11. The van der Waals surface area contributed by atoms with Crippen molar-refractivity contribution in [1.29, 1.82) is 0 Å². The van der Waals surface area contributed by atoms with Gasteiger partial charge in [-0.25, -0.2) is 23.4 Å². The molecule has 5 rings (SSSR count). The number of benzene rings is 1. The predicted octanol–water partition coefficient (Wildman–Crippen LogP) is 5.06. The van der Waals surface area contributed by atoms with E-state index in [2.05, 4.69) is 20.2 Å². The van der Waals surface area contributed by atoms with Gasteiger partial charge in [-0.05, 0) is 57.5 Å². The molecule has 41 heavy (non-hydrogen) atoms. The number of hydrogen-bond donors (Lipinski definition) is 1. The average molecular weight is 589 g/mol. The summed E-state index contributed by atoms with van der Waals surface area (Å²) in [6, 6.07) is 7.76. The van der Waals surface area contributed by atoms with E-state index in [1.54, 1.807) is 18.2 Å². The first kappa shape index (κ1) is 29.1. The summed E-state index contributed by atoms with van der Waals surface area (Å²) in [5, 5.41) is 3.19. The van der Waals surface area contributed by atoms with Crippen LogP contribution in [0.5, 0.6) is 0 Å². The van der Waals surface area contributed by atoms with E-state index in [4.69, 9.17) is 14.7 Å². The Morgan fingerprint density at radius 1 is 1.12 bits per heavy atom. The minimum atomic E-state index is -4.52. The highest BCUT2D eigenvalue weighted by Crippen LogP contribution is 2.45. The molecular formula is C28H31F3N6O3S. The molecule has 0 saturated carbocycles. The van der Waals surface area contributed by atoms with Crippen molar-refractivity contribution in [3.63, 3.8) is 0 Å². The van der Waals surface area contributed by atoms with Gasteiger partial charge in [0.1, 0.15) is 16.8 Å². The molecule has 0 radical (unpaired) electrons. The molecule has 2 aromatic heterocycles. The highest BCUT2D eigenvalue weighted by molar-refractivity contribution is 7.90. The van der Waals surface area contributed by atoms with Crippen LogP contribution in [0.15, 0.2) is 58.7 Å². The van der Waals surface area contributed by atoms with Crippen LogP contribution in [-0.2, 0) is 21.1 Å². The van der Waals surface area contributed by atoms with Crippen LogP contribution >= 0.6 is 0 Å². The third-order valence-corrected chi connectivity index (χ3v) is 8.37. The summed E-state index contributed by atoms with van der Waals surface area (Å²) >= 11 is 0. The van der Waals surface area contributed by atoms with E-state index in [0.717, 1.165) is 13.2 Å². The molecule has 218 valence electrons. The Balaban J connectivity index is 1.57. The van der Waals surface area contributed by atoms with E-state index < -0.39 is 21.4 Å². The maximum atomic E-state index is 14.1. The largest absolute Gasteiger partial charge is 0.399 e. The van der Waals surface area contributed by atoms with E-state index in [1.165, 1.54) is 30.6 Å². The van der Waals surface area contributed by atoms with E-state index in [0.29, 0.717) is 48.0 Å². The average Bonchev–Trinajstić information content (AvgIpc) is 2.87. The van der Waals surface area contributed by atoms with Crippen molar-refractivity contribution in [3.8, 4) is 0 Å². The minimum absolute atomic E-state index is 0.0239. The SMILES string of the molecule is C[C@@H]1CN(Cc2nc(Nc3ccc(S(C)(=O)=O)cc3)c3ncc(C4=NC=CCC4(C)C(F)(F)F)cc3n2)C[C@H](C)O1. The number of allylic oxidation sites excluding steroid dienone is 1. The zero-order chi connectivity index (χ0) is 29.6. The van der Waals surface area contributed by atoms with Crippen LogP contribution in [0.4, 0.5) is 24.7 Å². The van der Waals surface area contributed by atoms with Crippen molar-refractivity contribution < 1.29 is 26.3 Å². The number of anilines is 2. The quantitative estimate of drug-likeness (QED) is 0.426. The Morgan fingerprint density at radius 2 is 1.80 bits per heavy atom. The minimum Gasteiger partial charge on any atom is -0.373 e. The number of fused-ring (bicyclic) bond motifs is 1. The van der Waals surface area contributed by atoms with Gasteiger partial charge in [0.2, 0.25) is 0 Å². The second kappa shape index (κ2) is 10.8. The number of nitrogens with one attached hydrogen (secondary N) is 1. The molecule has 9 nitrogen and oxygen atoms in total. The van der Waals surface area contributed by atoms with Gasteiger partial charge in [0.15, 0.2) is 15.7 Å². The van der Waals surface area contributed by atoms with Crippen molar-refractivity contribution >= 4 is 38.1 Å². The highest BCUT2D eigenvalue weighted by atomic mass is 32.2. The number of ether oxygens (including phenoxy) is 1. The number of alkyl halides is 3. The monoisotopic (exact) mass is 588 g/mol. The Kier molecular flexibility index (Phi) is 7.64. The van der Waals surface area contributed by atoms with Crippen molar-refractivity contribution in [1.82, 2.24) is 19.9 Å². The molecule has 2 aliphatic heterocycles. The molecule has 3 aromatic rings. The molecule has 1 aromatic carbocycles. The van der Waals surface area contributed by atoms with Gasteiger partial charge in [-0.2, -0.15) is 13.2 Å². The Labute approximate surface area is 236 Å². The molecule has 0 amide bonds. The number of aromatic nitrogens is 3. The molecule has 0 spiro atoms. The van der Waals surface area contributed by atoms with E-state index in [9.17, 15) is 21.6 Å². The molecule has 13 heteroatoms. The van der Waals surface area contributed by atoms with Crippen LogP contribution in [0.3, 0.4) is 0 Å². The lowest BCUT2D eigenvalue weighted by atomic mass is 9.77. The number of morpholine rings is 1. The molecule has 1 N–H and O–H groups in total. The summed E-state index contributed by atoms with van der Waals surface area (Å²) in [5.74, 6) is 0.805. The van der Waals surface area contributed by atoms with E-state index in [1.807, 2.05) is 13.8 Å². The van der Waals surface area contributed by atoms with E-state index >= 15 is 0 Å². The second-order valence-electron chi connectivity index (χ2n) is 10.8. The van der Waals surface area contributed by atoms with Gasteiger partial charge in [-0.15, -0.1) is 0 Å². The number of pyridine rings is 1. The molecule has 4 heterocycles. The van der Waals surface area contributed by atoms with Gasteiger partial charge in [-0.3, -0.25) is 9.89 Å². The molecular weight excluding hydrogens is 557 g/mol. The Hall–Kier alpha value is -3.42. The van der Waals surface area contributed by atoms with Crippen LogP contribution in [0.25, 0.3) is 11.0 Å². The van der Waals surface area contributed by atoms with Gasteiger partial charge in [0.25, 0.3) is 0 Å². The summed E-state index contributed by atoms with van der Waals surface area (Å²) in [7, 11) is -3.37. The second-order valence-corrected chi connectivity index (χ2v) is 12.9. The molecule has 2 aliphatic rings. The lowest BCUT2D eigenvalue weighted by Crippen LogP contribution is -2.45. The maximum Gasteiger partial charge on any atom is 0.399 e. The van der Waals surface area contributed by atoms with E-state index in [-0.39, 0.29) is 34.8 Å². The first-order valence-electron chi connectivity index (χ1n) is 13.1. The zero-order valence-electron chi connectivity index (χ0n) is 23.1. The zero-order valence-corrected chi connectivity index (χ0v) is 23.9. The number of sulfone groups is 1. The molecule has 1 unspecified atom stereocenters. The number of rotatable bonds is 6. The van der Waals surface area contributed by atoms with Crippen LogP contribution < -0.4 is 5.32 Å². The highest BCUT2D eigenvalue weighted by Gasteiger charge is 2.54. The fourth-order valence-corrected chi connectivity index (χ4v) is 5.82. The van der Waals surface area contributed by atoms with Gasteiger partial charge in [0, 0.05) is 43.0 Å². The number of aliphatic imine (C=N–C) groups is 1. The number of halogens is 3. The molecule has 0 aliphatic carbocycles. The molecule has 1 fully saturated rings. The molecule has 0 bridgehead atoms.